The van der Waals surface area contributed by atoms with Crippen LogP contribution in [0.5, 0.6) is 5.75 Å². The maximum atomic E-state index is 13.2. The number of fused-ring (bicyclic) bond motifs is 2. The Labute approximate surface area is 200 Å². The van der Waals surface area contributed by atoms with Crippen molar-refractivity contribution in [2.45, 2.75) is 43.7 Å². The fourth-order valence-corrected chi connectivity index (χ4v) is 6.04. The standard InChI is InChI=1S/C26H27N3O4S/c1-17-25(30)23-15-21(28-34(2,31)32)6-8-24(23)33-26(17)9-11-29(12-10-26)22-7-5-19-13-18(16-27)3-4-20(19)14-22/h3-4,6,8,13,15,22,28H,1,5,7,9-12,14H2,2H3. The van der Waals surface area contributed by atoms with Crippen LogP contribution in [0.3, 0.4) is 0 Å². The minimum absolute atomic E-state index is 0.188. The summed E-state index contributed by atoms with van der Waals surface area (Å²) < 4.78 is 31.9. The molecule has 5 rings (SSSR count). The summed E-state index contributed by atoms with van der Waals surface area (Å²) in [5.74, 6) is 0.288. The molecule has 8 heteroatoms. The van der Waals surface area contributed by atoms with Gasteiger partial charge in [-0.05, 0) is 60.7 Å². The number of hydrogen-bond donors (Lipinski definition) is 1. The number of anilines is 1. The molecule has 176 valence electrons. The first kappa shape index (κ1) is 22.6. The van der Waals surface area contributed by atoms with Gasteiger partial charge in [0.25, 0.3) is 0 Å². The number of hydrogen-bond acceptors (Lipinski definition) is 6. The molecule has 1 saturated heterocycles. The molecular formula is C26H27N3O4S. The molecule has 1 atom stereocenters. The van der Waals surface area contributed by atoms with Crippen molar-refractivity contribution < 1.29 is 17.9 Å². The predicted molar refractivity (Wildman–Crippen MR) is 130 cm³/mol. The summed E-state index contributed by atoms with van der Waals surface area (Å²) >= 11 is 0. The number of ether oxygens (including phenoxy) is 1. The minimum Gasteiger partial charge on any atom is -0.482 e. The van der Waals surface area contributed by atoms with Crippen molar-refractivity contribution in [3.63, 3.8) is 0 Å². The summed E-state index contributed by atoms with van der Waals surface area (Å²) in [5, 5.41) is 9.15. The molecule has 2 heterocycles. The van der Waals surface area contributed by atoms with Crippen molar-refractivity contribution >= 4 is 21.5 Å². The number of likely N-dealkylation sites (tertiary alicyclic amines) is 1. The topological polar surface area (TPSA) is 99.5 Å². The van der Waals surface area contributed by atoms with Gasteiger partial charge in [-0.3, -0.25) is 14.4 Å². The van der Waals surface area contributed by atoms with Gasteiger partial charge in [0.15, 0.2) is 5.78 Å². The van der Waals surface area contributed by atoms with Crippen molar-refractivity contribution in [2.75, 3.05) is 24.1 Å². The number of ketones is 1. The Kier molecular flexibility index (Phi) is 5.50. The molecule has 2 aromatic rings. The molecule has 7 nitrogen and oxygen atoms in total. The van der Waals surface area contributed by atoms with Gasteiger partial charge >= 0.3 is 0 Å². The van der Waals surface area contributed by atoms with Crippen molar-refractivity contribution in [2.24, 2.45) is 0 Å². The van der Waals surface area contributed by atoms with E-state index in [1.165, 1.54) is 17.2 Å². The average molecular weight is 478 g/mol. The summed E-state index contributed by atoms with van der Waals surface area (Å²) in [6.07, 6.45) is 5.41. The Morgan fingerprint density at radius 1 is 1.18 bits per heavy atom. The number of piperidine rings is 1. The Morgan fingerprint density at radius 2 is 1.94 bits per heavy atom. The second-order valence-corrected chi connectivity index (χ2v) is 11.3. The molecule has 0 bridgehead atoms. The van der Waals surface area contributed by atoms with E-state index in [1.807, 2.05) is 12.1 Å². The summed E-state index contributed by atoms with van der Waals surface area (Å²) in [4.78, 5) is 15.7. The van der Waals surface area contributed by atoms with Crippen LogP contribution in [0.25, 0.3) is 0 Å². The molecular weight excluding hydrogens is 450 g/mol. The number of sulfonamides is 1. The van der Waals surface area contributed by atoms with Crippen LogP contribution >= 0.6 is 0 Å². The number of benzene rings is 2. The van der Waals surface area contributed by atoms with E-state index < -0.39 is 15.6 Å². The largest absolute Gasteiger partial charge is 0.482 e. The van der Waals surface area contributed by atoms with E-state index in [1.54, 1.807) is 12.1 Å². The number of Topliss-reactive ketones (excluding diaryl/α,β-unsaturated/α-hetero) is 1. The predicted octanol–water partition coefficient (Wildman–Crippen LogP) is 3.45. The van der Waals surface area contributed by atoms with Crippen molar-refractivity contribution in [1.29, 1.82) is 5.26 Å². The number of nitriles is 1. The van der Waals surface area contributed by atoms with E-state index in [0.717, 1.165) is 38.6 Å². The molecule has 34 heavy (non-hydrogen) atoms. The zero-order valence-corrected chi connectivity index (χ0v) is 20.0. The quantitative estimate of drug-likeness (QED) is 0.680. The van der Waals surface area contributed by atoms with E-state index >= 15 is 0 Å². The van der Waals surface area contributed by atoms with E-state index in [2.05, 4.69) is 28.3 Å². The second kappa shape index (κ2) is 8.26. The molecule has 0 radical (unpaired) electrons. The van der Waals surface area contributed by atoms with E-state index in [4.69, 9.17) is 10.00 Å². The normalized spacial score (nSPS) is 21.8. The lowest BCUT2D eigenvalue weighted by molar-refractivity contribution is 0.00851. The van der Waals surface area contributed by atoms with Crippen LogP contribution in [-0.4, -0.2) is 50.1 Å². The Hall–Kier alpha value is -3.15. The van der Waals surface area contributed by atoms with Crippen LogP contribution in [-0.2, 0) is 22.9 Å². The van der Waals surface area contributed by atoms with Gasteiger partial charge in [-0.25, -0.2) is 8.42 Å². The highest BCUT2D eigenvalue weighted by Gasteiger charge is 2.47. The third-order valence-electron chi connectivity index (χ3n) is 7.32. The highest BCUT2D eigenvalue weighted by Crippen LogP contribution is 2.43. The average Bonchev–Trinajstić information content (AvgIpc) is 2.82. The van der Waals surface area contributed by atoms with Crippen LogP contribution in [0.2, 0.25) is 0 Å². The monoisotopic (exact) mass is 477 g/mol. The first-order valence-corrected chi connectivity index (χ1v) is 13.4. The lowest BCUT2D eigenvalue weighted by atomic mass is 9.77. The Bertz CT molecular complexity index is 1330. The van der Waals surface area contributed by atoms with E-state index in [0.29, 0.717) is 47.0 Å². The second-order valence-electron chi connectivity index (χ2n) is 9.52. The van der Waals surface area contributed by atoms with E-state index in [-0.39, 0.29) is 5.78 Å². The van der Waals surface area contributed by atoms with Gasteiger partial charge in [-0.1, -0.05) is 12.6 Å². The van der Waals surface area contributed by atoms with Gasteiger partial charge in [-0.15, -0.1) is 0 Å². The molecule has 2 aliphatic heterocycles. The van der Waals surface area contributed by atoms with Gasteiger partial charge in [0.1, 0.15) is 11.4 Å². The molecule has 1 fully saturated rings. The molecule has 0 saturated carbocycles. The first-order valence-electron chi connectivity index (χ1n) is 11.5. The van der Waals surface area contributed by atoms with Crippen molar-refractivity contribution in [3.8, 4) is 11.8 Å². The number of rotatable bonds is 3. The summed E-state index contributed by atoms with van der Waals surface area (Å²) in [5.41, 5.74) is 3.70. The molecule has 0 amide bonds. The van der Waals surface area contributed by atoms with Crippen molar-refractivity contribution in [3.05, 3.63) is 70.8 Å². The maximum absolute atomic E-state index is 13.2. The number of carbonyl (C=O) groups excluding carboxylic acids is 1. The molecule has 1 spiro atoms. The van der Waals surface area contributed by atoms with Crippen LogP contribution in [0.4, 0.5) is 5.69 Å². The van der Waals surface area contributed by atoms with Gasteiger partial charge < -0.3 is 4.74 Å². The number of nitrogens with zero attached hydrogens (tertiary/aromatic N) is 2. The minimum atomic E-state index is -3.45. The van der Waals surface area contributed by atoms with Gasteiger partial charge in [-0.2, -0.15) is 5.26 Å². The van der Waals surface area contributed by atoms with Gasteiger partial charge in [0.05, 0.1) is 23.5 Å². The number of nitrogens with one attached hydrogen (secondary N) is 1. The zero-order valence-electron chi connectivity index (χ0n) is 19.1. The Balaban J connectivity index is 1.30. The summed E-state index contributed by atoms with van der Waals surface area (Å²) in [6, 6.07) is 13.4. The lowest BCUT2D eigenvalue weighted by Crippen LogP contribution is -2.55. The van der Waals surface area contributed by atoms with Gasteiger partial charge in [0, 0.05) is 43.2 Å². The molecule has 3 aliphatic rings. The fourth-order valence-electron chi connectivity index (χ4n) is 5.49. The van der Waals surface area contributed by atoms with Gasteiger partial charge in [0.2, 0.25) is 10.0 Å². The SMILES string of the molecule is C=C1C(=O)c2cc(NS(C)(=O)=O)ccc2OC12CCN(C1CCc3cc(C#N)ccc3C1)CC2. The van der Waals surface area contributed by atoms with Crippen LogP contribution in [0, 0.1) is 11.3 Å². The molecule has 1 aliphatic carbocycles. The summed E-state index contributed by atoms with van der Waals surface area (Å²) in [7, 11) is -3.45. The highest BCUT2D eigenvalue weighted by molar-refractivity contribution is 7.92. The fraction of sp³-hybridized carbons (Fsp3) is 0.385. The number of aryl methyl sites for hydroxylation is 1. The maximum Gasteiger partial charge on any atom is 0.229 e. The molecule has 1 N–H and O–H groups in total. The Morgan fingerprint density at radius 3 is 2.65 bits per heavy atom. The molecule has 1 unspecified atom stereocenters. The zero-order chi connectivity index (χ0) is 24.1. The van der Waals surface area contributed by atoms with Crippen molar-refractivity contribution in [1.82, 2.24) is 4.90 Å². The first-order chi connectivity index (χ1) is 16.2. The van der Waals surface area contributed by atoms with Crippen LogP contribution < -0.4 is 9.46 Å². The smallest absolute Gasteiger partial charge is 0.229 e. The third kappa shape index (κ3) is 4.10. The highest BCUT2D eigenvalue weighted by atomic mass is 32.2. The lowest BCUT2D eigenvalue weighted by Gasteiger charge is -2.47. The number of carbonyl (C=O) groups is 1. The van der Waals surface area contributed by atoms with Crippen LogP contribution in [0.15, 0.2) is 48.6 Å². The molecule has 2 aromatic carbocycles. The van der Waals surface area contributed by atoms with Crippen LogP contribution in [0.1, 0.15) is 46.3 Å². The molecule has 0 aromatic heterocycles. The third-order valence-corrected chi connectivity index (χ3v) is 7.92. The van der Waals surface area contributed by atoms with E-state index in [9.17, 15) is 13.2 Å². The summed E-state index contributed by atoms with van der Waals surface area (Å²) in [6.45, 7) is 5.72.